The van der Waals surface area contributed by atoms with Crippen molar-refractivity contribution in [2.75, 3.05) is 6.61 Å². The van der Waals surface area contributed by atoms with Crippen molar-refractivity contribution in [2.24, 2.45) is 12.8 Å². The number of aliphatic hydroxyl groups excluding tert-OH is 1. The third-order valence-corrected chi connectivity index (χ3v) is 5.39. The average Bonchev–Trinajstić information content (AvgIpc) is 2.97. The second-order valence-electron chi connectivity index (χ2n) is 7.72. The summed E-state index contributed by atoms with van der Waals surface area (Å²) in [6, 6.07) is 10.3. The van der Waals surface area contributed by atoms with E-state index in [0.29, 0.717) is 12.8 Å². The lowest BCUT2D eigenvalue weighted by Crippen LogP contribution is -2.40. The first-order chi connectivity index (χ1) is 12.2. The van der Waals surface area contributed by atoms with Gasteiger partial charge in [-0.3, -0.25) is 4.79 Å². The molecule has 2 rings (SSSR count). The van der Waals surface area contributed by atoms with Crippen LogP contribution < -0.4 is 5.73 Å². The fraction of sp³-hybridized carbons (Fsp3) is 0.500. The first-order valence-electron chi connectivity index (χ1n) is 9.38. The highest BCUT2D eigenvalue weighted by atomic mass is 16.3. The van der Waals surface area contributed by atoms with E-state index in [1.165, 1.54) is 16.7 Å². The van der Waals surface area contributed by atoms with Gasteiger partial charge in [0.25, 0.3) is 0 Å². The van der Waals surface area contributed by atoms with Crippen LogP contribution in [-0.4, -0.2) is 27.6 Å². The quantitative estimate of drug-likeness (QED) is 0.676. The lowest BCUT2D eigenvalue weighted by molar-refractivity contribution is 0.0972. The maximum Gasteiger partial charge on any atom is 0.179 e. The SMILES string of the molecule is Cc1cccc(CCCC(=O)c2ccc(CCC(C)(N)CO)n2C)c1C. The van der Waals surface area contributed by atoms with Crippen LogP contribution in [0.2, 0.25) is 0 Å². The Morgan fingerprint density at radius 3 is 2.62 bits per heavy atom. The van der Waals surface area contributed by atoms with E-state index in [2.05, 4.69) is 32.0 Å². The van der Waals surface area contributed by atoms with Gasteiger partial charge in [-0.25, -0.2) is 0 Å². The Balaban J connectivity index is 1.93. The number of carbonyl (C=O) groups is 1. The van der Waals surface area contributed by atoms with Gasteiger partial charge in [0.2, 0.25) is 0 Å². The molecule has 0 bridgehead atoms. The highest BCUT2D eigenvalue weighted by Crippen LogP contribution is 2.18. The van der Waals surface area contributed by atoms with Gasteiger partial charge in [0.05, 0.1) is 12.3 Å². The van der Waals surface area contributed by atoms with Crippen LogP contribution in [0.4, 0.5) is 0 Å². The van der Waals surface area contributed by atoms with Crippen LogP contribution in [-0.2, 0) is 19.9 Å². The zero-order valence-electron chi connectivity index (χ0n) is 16.5. The molecule has 1 aromatic carbocycles. The molecule has 0 saturated heterocycles. The van der Waals surface area contributed by atoms with Gasteiger partial charge in [-0.2, -0.15) is 0 Å². The number of ketones is 1. The lowest BCUT2D eigenvalue weighted by Gasteiger charge is -2.21. The standard InChI is InChI=1S/C22H32N2O2/c1-16-7-5-8-18(17(16)2)9-6-10-21(26)20-12-11-19(24(20)4)13-14-22(3,23)15-25/h5,7-8,11-12,25H,6,9-10,13-15,23H2,1-4H3. The number of carbonyl (C=O) groups excluding carboxylic acids is 1. The molecule has 3 N–H and O–H groups in total. The van der Waals surface area contributed by atoms with Crippen molar-refractivity contribution in [2.45, 2.75) is 58.4 Å². The van der Waals surface area contributed by atoms with E-state index in [-0.39, 0.29) is 12.4 Å². The molecule has 0 spiro atoms. The summed E-state index contributed by atoms with van der Waals surface area (Å²) >= 11 is 0. The summed E-state index contributed by atoms with van der Waals surface area (Å²) in [6.07, 6.45) is 3.77. The van der Waals surface area contributed by atoms with Crippen molar-refractivity contribution in [3.05, 3.63) is 58.4 Å². The predicted molar refractivity (Wildman–Crippen MR) is 107 cm³/mol. The Morgan fingerprint density at radius 1 is 1.19 bits per heavy atom. The minimum absolute atomic E-state index is 0.0401. The first-order valence-corrected chi connectivity index (χ1v) is 9.38. The van der Waals surface area contributed by atoms with Crippen LogP contribution >= 0.6 is 0 Å². The van der Waals surface area contributed by atoms with E-state index in [4.69, 9.17) is 5.73 Å². The van der Waals surface area contributed by atoms with Crippen molar-refractivity contribution in [1.82, 2.24) is 4.57 Å². The molecule has 0 aliphatic carbocycles. The number of aromatic nitrogens is 1. The number of benzene rings is 1. The highest BCUT2D eigenvalue weighted by Gasteiger charge is 2.19. The highest BCUT2D eigenvalue weighted by molar-refractivity contribution is 5.94. The average molecular weight is 357 g/mol. The summed E-state index contributed by atoms with van der Waals surface area (Å²) in [6.45, 7) is 6.07. The van der Waals surface area contributed by atoms with Gasteiger partial charge in [-0.05, 0) is 75.3 Å². The molecule has 0 saturated carbocycles. The molecule has 0 aliphatic rings. The topological polar surface area (TPSA) is 68.2 Å². The van der Waals surface area contributed by atoms with Gasteiger partial charge in [0.1, 0.15) is 0 Å². The number of aliphatic hydroxyl groups is 1. The third-order valence-electron chi connectivity index (χ3n) is 5.39. The molecule has 142 valence electrons. The molecule has 1 heterocycles. The maximum atomic E-state index is 12.6. The minimum Gasteiger partial charge on any atom is -0.394 e. The van der Waals surface area contributed by atoms with Crippen molar-refractivity contribution >= 4 is 5.78 Å². The number of rotatable bonds is 9. The molecule has 0 amide bonds. The van der Waals surface area contributed by atoms with Gasteiger partial charge in [0.15, 0.2) is 5.78 Å². The van der Waals surface area contributed by atoms with Gasteiger partial charge >= 0.3 is 0 Å². The van der Waals surface area contributed by atoms with Crippen molar-refractivity contribution in [1.29, 1.82) is 0 Å². The zero-order valence-corrected chi connectivity index (χ0v) is 16.5. The van der Waals surface area contributed by atoms with Crippen LogP contribution in [0.25, 0.3) is 0 Å². The molecule has 4 heteroatoms. The van der Waals surface area contributed by atoms with E-state index in [0.717, 1.165) is 30.7 Å². The predicted octanol–water partition coefficient (Wildman–Crippen LogP) is 3.49. The van der Waals surface area contributed by atoms with Crippen LogP contribution in [0.1, 0.15) is 59.1 Å². The largest absolute Gasteiger partial charge is 0.394 e. The number of aryl methyl sites for hydroxylation is 3. The summed E-state index contributed by atoms with van der Waals surface area (Å²) in [5.74, 6) is 0.182. The molecule has 0 radical (unpaired) electrons. The van der Waals surface area contributed by atoms with Crippen LogP contribution in [0.5, 0.6) is 0 Å². The minimum atomic E-state index is -0.583. The molecule has 2 aromatic rings. The molecular weight excluding hydrogens is 324 g/mol. The Labute approximate surface area is 157 Å². The second-order valence-corrected chi connectivity index (χ2v) is 7.72. The number of hydrogen-bond donors (Lipinski definition) is 2. The Hall–Kier alpha value is -1.91. The van der Waals surface area contributed by atoms with E-state index in [9.17, 15) is 9.90 Å². The summed E-state index contributed by atoms with van der Waals surface area (Å²) in [5.41, 5.74) is 11.2. The molecule has 1 atom stereocenters. The molecule has 0 aliphatic heterocycles. The Kier molecular flexibility index (Phi) is 6.79. The second kappa shape index (κ2) is 8.65. The van der Waals surface area contributed by atoms with E-state index in [1.807, 2.05) is 30.7 Å². The molecular formula is C22H32N2O2. The van der Waals surface area contributed by atoms with Gasteiger partial charge in [0, 0.05) is 24.7 Å². The number of nitrogens with two attached hydrogens (primary N) is 1. The third kappa shape index (κ3) is 5.05. The molecule has 0 fully saturated rings. The number of Topliss-reactive ketones (excluding diaryl/α,β-unsaturated/α-hetero) is 1. The number of hydrogen-bond acceptors (Lipinski definition) is 3. The first kappa shape index (κ1) is 20.4. The fourth-order valence-electron chi connectivity index (χ4n) is 3.23. The Morgan fingerprint density at radius 2 is 1.92 bits per heavy atom. The maximum absolute atomic E-state index is 12.6. The zero-order chi connectivity index (χ0) is 19.3. The Bertz CT molecular complexity index is 759. The molecule has 1 unspecified atom stereocenters. The van der Waals surface area contributed by atoms with E-state index in [1.54, 1.807) is 0 Å². The molecule has 26 heavy (non-hydrogen) atoms. The summed E-state index contributed by atoms with van der Waals surface area (Å²) in [7, 11) is 1.93. The van der Waals surface area contributed by atoms with E-state index >= 15 is 0 Å². The van der Waals surface area contributed by atoms with Gasteiger partial charge in [-0.1, -0.05) is 18.2 Å². The summed E-state index contributed by atoms with van der Waals surface area (Å²) in [5, 5.41) is 9.28. The van der Waals surface area contributed by atoms with Crippen LogP contribution in [0, 0.1) is 13.8 Å². The monoisotopic (exact) mass is 356 g/mol. The molecule has 4 nitrogen and oxygen atoms in total. The van der Waals surface area contributed by atoms with Crippen LogP contribution in [0.15, 0.2) is 30.3 Å². The fourth-order valence-corrected chi connectivity index (χ4v) is 3.23. The van der Waals surface area contributed by atoms with Crippen LogP contribution in [0.3, 0.4) is 0 Å². The number of nitrogens with zero attached hydrogens (tertiary/aromatic N) is 1. The lowest BCUT2D eigenvalue weighted by atomic mass is 9.97. The smallest absolute Gasteiger partial charge is 0.179 e. The summed E-state index contributed by atoms with van der Waals surface area (Å²) < 4.78 is 1.97. The van der Waals surface area contributed by atoms with Crippen molar-refractivity contribution in [3.63, 3.8) is 0 Å². The normalized spacial score (nSPS) is 13.6. The summed E-state index contributed by atoms with van der Waals surface area (Å²) in [4.78, 5) is 12.6. The molecule has 1 aromatic heterocycles. The van der Waals surface area contributed by atoms with Crippen molar-refractivity contribution in [3.8, 4) is 0 Å². The van der Waals surface area contributed by atoms with Gasteiger partial charge in [-0.15, -0.1) is 0 Å². The van der Waals surface area contributed by atoms with Gasteiger partial charge < -0.3 is 15.4 Å². The van der Waals surface area contributed by atoms with E-state index < -0.39 is 5.54 Å². The van der Waals surface area contributed by atoms with Crippen molar-refractivity contribution < 1.29 is 9.90 Å².